The molecule has 3 saturated carbocycles. The number of fused-ring (bicyclic) bond motifs is 3. The highest BCUT2D eigenvalue weighted by atomic mass is 16.5. The van der Waals surface area contributed by atoms with Gasteiger partial charge in [0.2, 0.25) is 0 Å². The Morgan fingerprint density at radius 2 is 1.75 bits per heavy atom. The van der Waals surface area contributed by atoms with E-state index >= 15 is 0 Å². The van der Waals surface area contributed by atoms with E-state index in [1.165, 1.54) is 5.57 Å². The summed E-state index contributed by atoms with van der Waals surface area (Å²) in [5, 5.41) is 19.2. The zero-order valence-corrected chi connectivity index (χ0v) is 35.8. The number of amides is 2. The topological polar surface area (TPSA) is 154 Å². The van der Waals surface area contributed by atoms with Crippen molar-refractivity contribution >= 4 is 12.0 Å². The Hall–Kier alpha value is -3.31. The fourth-order valence-electron chi connectivity index (χ4n) is 13.3. The molecule has 0 spiro atoms. The number of carbonyl (C=O) groups excluding carboxylic acids is 1. The number of urea groups is 1. The molecule has 11 heteroatoms. The monoisotopic (exact) mass is 773 g/mol. The molecule has 2 aromatic heterocycles. The molecule has 0 radical (unpaired) electrons. The van der Waals surface area contributed by atoms with Gasteiger partial charge in [0, 0.05) is 28.8 Å². The summed E-state index contributed by atoms with van der Waals surface area (Å²) in [5.74, 6) is 0.845. The maximum absolute atomic E-state index is 13.6. The van der Waals surface area contributed by atoms with Gasteiger partial charge in [-0.15, -0.1) is 0 Å². The number of allylic oxidation sites excluding steroid dienone is 1. The van der Waals surface area contributed by atoms with Crippen LogP contribution in [0.3, 0.4) is 0 Å². The SMILES string of the molecule is CC(C)[C@@H](C)[C@@]1(C)CC[C@]2(C)[C@H]3CC[C@@H]4[C@@]5(COC[C@]4(C)[C@@H](OC[C@](C)(NC(N)=O)C(C)(C)C)[C@H](n4ncnc4-c4ccncc4)C5)C3=CC[C@@]2(C)[C@@H]1C(=O)O. The highest BCUT2D eigenvalue weighted by molar-refractivity contribution is 5.73. The lowest BCUT2D eigenvalue weighted by atomic mass is 9.34. The molecule has 308 valence electrons. The molecule has 12 atom stereocenters. The smallest absolute Gasteiger partial charge is 0.312 e. The maximum Gasteiger partial charge on any atom is 0.312 e. The third kappa shape index (κ3) is 5.82. The molecule has 5 aliphatic rings. The summed E-state index contributed by atoms with van der Waals surface area (Å²) in [6.07, 6.45) is 12.8. The van der Waals surface area contributed by atoms with Gasteiger partial charge in [0.1, 0.15) is 6.33 Å². The third-order valence-corrected chi connectivity index (χ3v) is 17.5. The van der Waals surface area contributed by atoms with E-state index < -0.39 is 34.3 Å². The number of primary amides is 1. The number of carboxylic acids is 1. The molecule has 2 amide bonds. The van der Waals surface area contributed by atoms with Gasteiger partial charge in [-0.05, 0) is 103 Å². The number of hydrogen-bond donors (Lipinski definition) is 3. The number of nitrogens with zero attached hydrogens (tertiary/aromatic N) is 4. The van der Waals surface area contributed by atoms with Gasteiger partial charge in [-0.3, -0.25) is 9.78 Å². The fourth-order valence-corrected chi connectivity index (χ4v) is 13.3. The predicted octanol–water partition coefficient (Wildman–Crippen LogP) is 8.33. The number of nitrogens with two attached hydrogens (primary N) is 1. The Morgan fingerprint density at radius 3 is 2.38 bits per heavy atom. The first kappa shape index (κ1) is 40.9. The number of aliphatic carboxylic acids is 1. The average Bonchev–Trinajstić information content (AvgIpc) is 3.60. The van der Waals surface area contributed by atoms with E-state index in [9.17, 15) is 14.7 Å². The van der Waals surface area contributed by atoms with Crippen LogP contribution in [0.15, 0.2) is 42.5 Å². The van der Waals surface area contributed by atoms with Crippen LogP contribution in [0.2, 0.25) is 0 Å². The molecule has 7 rings (SSSR count). The summed E-state index contributed by atoms with van der Waals surface area (Å²) < 4.78 is 16.2. The molecule has 2 bridgehead atoms. The molecular weight excluding hydrogens is 705 g/mol. The molecule has 0 unspecified atom stereocenters. The maximum atomic E-state index is 13.6. The van der Waals surface area contributed by atoms with Gasteiger partial charge in [0.15, 0.2) is 5.82 Å². The summed E-state index contributed by atoms with van der Waals surface area (Å²) in [5.41, 5.74) is 5.43. The molecule has 0 aromatic carbocycles. The lowest BCUT2D eigenvalue weighted by Gasteiger charge is -2.71. The minimum Gasteiger partial charge on any atom is -0.481 e. The number of hydrogen-bond acceptors (Lipinski definition) is 7. The summed E-state index contributed by atoms with van der Waals surface area (Å²) in [4.78, 5) is 35.1. The third-order valence-electron chi connectivity index (χ3n) is 17.5. The van der Waals surface area contributed by atoms with Crippen LogP contribution in [-0.4, -0.2) is 68.3 Å². The second-order valence-electron chi connectivity index (χ2n) is 21.2. The first-order valence-corrected chi connectivity index (χ1v) is 21.1. The van der Waals surface area contributed by atoms with E-state index in [2.05, 4.69) is 90.3 Å². The van der Waals surface area contributed by atoms with Crippen molar-refractivity contribution in [3.8, 4) is 11.4 Å². The van der Waals surface area contributed by atoms with Gasteiger partial charge >= 0.3 is 12.0 Å². The number of aromatic nitrogens is 4. The van der Waals surface area contributed by atoms with Crippen LogP contribution in [0, 0.1) is 62.1 Å². The number of rotatable bonds is 9. The molecule has 1 saturated heterocycles. The Bertz CT molecular complexity index is 1860. The highest BCUT2D eigenvalue weighted by Gasteiger charge is 2.72. The van der Waals surface area contributed by atoms with E-state index in [0.29, 0.717) is 19.1 Å². The van der Waals surface area contributed by atoms with Crippen molar-refractivity contribution in [1.82, 2.24) is 25.1 Å². The molecule has 4 fully saturated rings. The lowest BCUT2D eigenvalue weighted by molar-refractivity contribution is -0.253. The fraction of sp³-hybridized carbons (Fsp3) is 0.756. The van der Waals surface area contributed by atoms with E-state index in [1.807, 2.05) is 19.1 Å². The summed E-state index contributed by atoms with van der Waals surface area (Å²) in [7, 11) is 0. The van der Waals surface area contributed by atoms with Gasteiger partial charge in [-0.1, -0.05) is 80.9 Å². The summed E-state index contributed by atoms with van der Waals surface area (Å²) in [6, 6.07) is 3.15. The van der Waals surface area contributed by atoms with E-state index in [-0.39, 0.29) is 58.2 Å². The van der Waals surface area contributed by atoms with Crippen LogP contribution in [0.25, 0.3) is 11.4 Å². The standard InChI is InChI=1S/C45H68N6O5/c1-27(2)28(3)40(7)18-19-42(9)30-12-13-33-41(8)23-55-25-45(33,31(30)14-17-43(42,10)34(40)37(52)53)22-32(51-36(48-26-49-51)29-15-20-47-21-16-29)35(41)56-24-44(11,39(4,5)6)50-38(46)54/h14-16,20-21,26-28,30,32-35H,12-13,17-19,22-25H2,1-11H3,(H,52,53)(H3,46,50,54)/t28-,30+,32-,33+,34-,35+,40-,41+,42-,43+,44+,45+/m1/s1. The number of nitrogens with one attached hydrogen (secondary N) is 1. The molecule has 3 heterocycles. The van der Waals surface area contributed by atoms with Crippen molar-refractivity contribution in [3.63, 3.8) is 0 Å². The number of carbonyl (C=O) groups is 2. The van der Waals surface area contributed by atoms with Crippen molar-refractivity contribution < 1.29 is 24.2 Å². The molecule has 2 aromatic rings. The van der Waals surface area contributed by atoms with Gasteiger partial charge in [0.25, 0.3) is 0 Å². The summed E-state index contributed by atoms with van der Waals surface area (Å²) in [6.45, 7) is 25.8. The second-order valence-corrected chi connectivity index (χ2v) is 21.2. The van der Waals surface area contributed by atoms with Crippen molar-refractivity contribution in [2.24, 2.45) is 67.8 Å². The largest absolute Gasteiger partial charge is 0.481 e. The zero-order chi connectivity index (χ0) is 40.9. The van der Waals surface area contributed by atoms with Crippen LogP contribution < -0.4 is 11.1 Å². The van der Waals surface area contributed by atoms with Crippen LogP contribution >= 0.6 is 0 Å². The molecule has 56 heavy (non-hydrogen) atoms. The first-order valence-electron chi connectivity index (χ1n) is 21.1. The molecule has 1 aliphatic heterocycles. The van der Waals surface area contributed by atoms with Gasteiger partial charge in [0.05, 0.1) is 43.4 Å². The normalized spacial score (nSPS) is 39.6. The Morgan fingerprint density at radius 1 is 1.05 bits per heavy atom. The van der Waals surface area contributed by atoms with Crippen molar-refractivity contribution in [2.75, 3.05) is 19.8 Å². The van der Waals surface area contributed by atoms with E-state index in [1.54, 1.807) is 18.7 Å². The Balaban J connectivity index is 1.35. The number of carboxylic acid groups (broad SMARTS) is 1. The van der Waals surface area contributed by atoms with Crippen LogP contribution in [0.5, 0.6) is 0 Å². The molecular formula is C45H68N6O5. The first-order chi connectivity index (χ1) is 26.1. The van der Waals surface area contributed by atoms with E-state index in [4.69, 9.17) is 25.3 Å². The van der Waals surface area contributed by atoms with Crippen LogP contribution in [0.1, 0.15) is 121 Å². The minimum absolute atomic E-state index is 0.197. The summed E-state index contributed by atoms with van der Waals surface area (Å²) >= 11 is 0. The molecule has 4 aliphatic carbocycles. The average molecular weight is 773 g/mol. The van der Waals surface area contributed by atoms with Crippen LogP contribution in [-0.2, 0) is 14.3 Å². The highest BCUT2D eigenvalue weighted by Crippen LogP contribution is 2.75. The van der Waals surface area contributed by atoms with Gasteiger partial charge in [-0.25, -0.2) is 14.5 Å². The van der Waals surface area contributed by atoms with Crippen molar-refractivity contribution in [2.45, 2.75) is 132 Å². The van der Waals surface area contributed by atoms with Crippen molar-refractivity contribution in [1.29, 1.82) is 0 Å². The number of pyridine rings is 1. The molecule has 4 N–H and O–H groups in total. The Kier molecular flexibility index (Phi) is 9.95. The predicted molar refractivity (Wildman–Crippen MR) is 216 cm³/mol. The minimum atomic E-state index is -0.758. The van der Waals surface area contributed by atoms with Gasteiger partial charge in [-0.2, -0.15) is 5.10 Å². The lowest BCUT2D eigenvalue weighted by Crippen LogP contribution is -2.69. The molecule has 11 nitrogen and oxygen atoms in total. The van der Waals surface area contributed by atoms with Crippen LogP contribution in [0.4, 0.5) is 4.79 Å². The number of ether oxygens (including phenoxy) is 2. The second kappa shape index (κ2) is 13.6. The van der Waals surface area contributed by atoms with Crippen molar-refractivity contribution in [3.05, 3.63) is 42.5 Å². The Labute approximate surface area is 334 Å². The van der Waals surface area contributed by atoms with Gasteiger partial charge < -0.3 is 25.6 Å². The van der Waals surface area contributed by atoms with E-state index in [0.717, 1.165) is 49.9 Å². The quantitative estimate of drug-likeness (QED) is 0.215. The zero-order valence-electron chi connectivity index (χ0n) is 35.8.